The number of esters is 1. The molecule has 5 heterocycles. The summed E-state index contributed by atoms with van der Waals surface area (Å²) in [6.07, 6.45) is 6.27. The fourth-order valence-electron chi connectivity index (χ4n) is 10.7. The van der Waals surface area contributed by atoms with Crippen molar-refractivity contribution in [2.75, 3.05) is 31.5 Å². The minimum atomic E-state index is -0.510. The van der Waals surface area contributed by atoms with Crippen molar-refractivity contribution in [3.05, 3.63) is 208 Å². The Morgan fingerprint density at radius 3 is 1.47 bits per heavy atom. The van der Waals surface area contributed by atoms with E-state index in [1.165, 1.54) is 0 Å². The number of amides is 3. The standard InChI is InChI=1S/C33H35NO5.C27H32BNO5.C11H14BrNO2/c1-32(2,3)39-30(35)21-24-13-15-26(16-14-24)28-22-33(38-29-12-8-7-11-27(28)29)17-19-34(20-18-33)31(36)37-23-25-9-5-4-6-10-25;1-25(2)26(3,4)34-28(33-25)22-18-27(32-23-13-9-8-12-21(22)23)14-16-29(17-15-27)24(30)31-19-20-10-6-5-7-11-20;1-11(2,3)15-10(14)13-9-6-4-8(12)5-7-9/h4-16,22H,17-21,23H2,1-3H3;5-13,18H,14-17,19H2,1-4H3;4-7H,1-3H3,(H,13,14). The van der Waals surface area contributed by atoms with Crippen LogP contribution in [0.4, 0.5) is 20.1 Å². The second-order valence-electron chi connectivity index (χ2n) is 25.7. The second-order valence-corrected chi connectivity index (χ2v) is 26.6. The maximum atomic E-state index is 12.7. The number of rotatable bonds is 9. The van der Waals surface area contributed by atoms with Gasteiger partial charge in [-0.1, -0.05) is 137 Å². The van der Waals surface area contributed by atoms with Crippen molar-refractivity contribution in [2.24, 2.45) is 0 Å². The number of halogens is 1. The van der Waals surface area contributed by atoms with Gasteiger partial charge in [0.2, 0.25) is 0 Å². The number of likely N-dealkylation sites (tertiary alicyclic amines) is 2. The van der Waals surface area contributed by atoms with E-state index >= 15 is 0 Å². The summed E-state index contributed by atoms with van der Waals surface area (Å²) < 4.78 is 48.6. The van der Waals surface area contributed by atoms with Crippen molar-refractivity contribution in [3.8, 4) is 11.5 Å². The van der Waals surface area contributed by atoms with Gasteiger partial charge in [-0.2, -0.15) is 0 Å². The summed E-state index contributed by atoms with van der Waals surface area (Å²) in [7, 11) is -0.471. The molecule has 17 heteroatoms. The maximum Gasteiger partial charge on any atom is 0.495 e. The highest BCUT2D eigenvalue weighted by Crippen LogP contribution is 2.48. The van der Waals surface area contributed by atoms with Crippen LogP contribution in [-0.4, -0.2) is 101 Å². The minimum Gasteiger partial charge on any atom is -0.482 e. The number of carbonyl (C=O) groups is 4. The smallest absolute Gasteiger partial charge is 0.482 e. The van der Waals surface area contributed by atoms with Crippen molar-refractivity contribution >= 4 is 64.0 Å². The zero-order valence-corrected chi connectivity index (χ0v) is 53.8. The quantitative estimate of drug-likeness (QED) is 0.0830. The number of hydrogen-bond donors (Lipinski definition) is 1. The molecule has 0 aromatic heterocycles. The normalized spacial score (nSPS) is 17.5. The first-order valence-electron chi connectivity index (χ1n) is 30.1. The Kier molecular flexibility index (Phi) is 20.0. The lowest BCUT2D eigenvalue weighted by atomic mass is 9.69. The molecule has 88 heavy (non-hydrogen) atoms. The number of piperidine rings is 2. The molecule has 5 aliphatic rings. The largest absolute Gasteiger partial charge is 0.495 e. The molecule has 3 amide bonds. The Balaban J connectivity index is 0.000000172. The molecule has 6 aromatic carbocycles. The first kappa shape index (κ1) is 64.6. The van der Waals surface area contributed by atoms with Crippen molar-refractivity contribution in [3.63, 3.8) is 0 Å². The second kappa shape index (κ2) is 27.3. The molecular weight excluding hydrogens is 1180 g/mol. The molecule has 5 aliphatic heterocycles. The van der Waals surface area contributed by atoms with Gasteiger partial charge >= 0.3 is 31.4 Å². The van der Waals surface area contributed by atoms with Crippen molar-refractivity contribution in [2.45, 2.75) is 148 Å². The summed E-state index contributed by atoms with van der Waals surface area (Å²) in [5.74, 6) is 1.43. The van der Waals surface area contributed by atoms with Crippen LogP contribution in [-0.2, 0) is 52.7 Å². The molecule has 3 fully saturated rings. The lowest BCUT2D eigenvalue weighted by molar-refractivity contribution is -0.153. The molecule has 0 unspecified atom stereocenters. The van der Waals surface area contributed by atoms with E-state index in [4.69, 9.17) is 37.7 Å². The van der Waals surface area contributed by atoms with E-state index < -0.39 is 46.8 Å². The van der Waals surface area contributed by atoms with E-state index in [2.05, 4.69) is 85.4 Å². The van der Waals surface area contributed by atoms with Crippen LogP contribution in [0, 0.1) is 0 Å². The Labute approximate surface area is 526 Å². The predicted molar refractivity (Wildman–Crippen MR) is 346 cm³/mol. The number of ether oxygens (including phenoxy) is 6. The third kappa shape index (κ3) is 17.1. The number of nitrogens with zero attached hydrogens (tertiary/aromatic N) is 2. The molecule has 0 aliphatic carbocycles. The number of para-hydroxylation sites is 2. The number of benzene rings is 6. The average molecular weight is 1260 g/mol. The Morgan fingerprint density at radius 2 is 0.977 bits per heavy atom. The summed E-state index contributed by atoms with van der Waals surface area (Å²) >= 11 is 3.32. The highest BCUT2D eigenvalue weighted by Gasteiger charge is 2.54. The number of anilines is 1. The highest BCUT2D eigenvalue weighted by molar-refractivity contribution is 9.10. The predicted octanol–water partition coefficient (Wildman–Crippen LogP) is 15.6. The Hall–Kier alpha value is -7.86. The summed E-state index contributed by atoms with van der Waals surface area (Å²) in [5.41, 5.74) is 5.92. The molecule has 0 atom stereocenters. The van der Waals surface area contributed by atoms with Crippen LogP contribution in [0.15, 0.2) is 174 Å². The van der Waals surface area contributed by atoms with Gasteiger partial charge < -0.3 is 47.5 Å². The Bertz CT molecular complexity index is 3440. The number of hydrogen-bond acceptors (Lipinski definition) is 12. The van der Waals surface area contributed by atoms with Gasteiger partial charge in [-0.25, -0.2) is 14.4 Å². The summed E-state index contributed by atoms with van der Waals surface area (Å²) in [4.78, 5) is 52.6. The minimum absolute atomic E-state index is 0.233. The van der Waals surface area contributed by atoms with E-state index in [1.807, 2.05) is 163 Å². The lowest BCUT2D eigenvalue weighted by Crippen LogP contribution is -2.50. The summed E-state index contributed by atoms with van der Waals surface area (Å²) in [5, 5.41) is 2.64. The number of fused-ring (bicyclic) bond motifs is 2. The first-order valence-corrected chi connectivity index (χ1v) is 30.9. The molecule has 6 aromatic rings. The molecule has 11 rings (SSSR count). The van der Waals surface area contributed by atoms with Crippen molar-refractivity contribution < 1.29 is 56.9 Å². The summed E-state index contributed by atoms with van der Waals surface area (Å²) in [6.45, 7) is 22.1. The van der Waals surface area contributed by atoms with Crippen molar-refractivity contribution in [1.29, 1.82) is 0 Å². The molecule has 0 radical (unpaired) electrons. The van der Waals surface area contributed by atoms with Crippen LogP contribution < -0.4 is 14.8 Å². The highest BCUT2D eigenvalue weighted by atomic mass is 79.9. The van der Waals surface area contributed by atoms with E-state index in [0.29, 0.717) is 57.5 Å². The molecule has 15 nitrogen and oxygen atoms in total. The van der Waals surface area contributed by atoms with Crippen LogP contribution in [0.1, 0.15) is 128 Å². The molecule has 3 saturated heterocycles. The molecule has 0 saturated carbocycles. The molecule has 462 valence electrons. The molecule has 1 N–H and O–H groups in total. The zero-order valence-electron chi connectivity index (χ0n) is 52.2. The Morgan fingerprint density at radius 1 is 0.534 bits per heavy atom. The lowest BCUT2D eigenvalue weighted by Gasteiger charge is -2.43. The average Bonchev–Trinajstić information content (AvgIpc) is 1.72. The molecule has 2 spiro atoms. The van der Waals surface area contributed by atoms with Crippen LogP contribution in [0.2, 0.25) is 0 Å². The van der Waals surface area contributed by atoms with Gasteiger partial charge in [0.1, 0.15) is 47.1 Å². The fourth-order valence-corrected chi connectivity index (χ4v) is 11.0. The third-order valence-corrected chi connectivity index (χ3v) is 16.5. The van der Waals surface area contributed by atoms with E-state index in [0.717, 1.165) is 60.4 Å². The SMILES string of the molecule is CC(C)(C)OC(=O)Cc1ccc(C2=CC3(CCN(C(=O)OCc4ccccc4)CC3)Oc3ccccc32)cc1.CC(C)(C)OC(=O)Nc1ccc(Br)cc1.CC1(C)OB(C2=CC3(CCN(C(=O)OCc4ccccc4)CC3)Oc3ccccc32)OC1(C)C. The van der Waals surface area contributed by atoms with Gasteiger partial charge in [-0.3, -0.25) is 10.1 Å². The van der Waals surface area contributed by atoms with Gasteiger partial charge in [0, 0.05) is 73.1 Å². The van der Waals surface area contributed by atoms with Gasteiger partial charge in [-0.05, 0) is 151 Å². The topological polar surface area (TPSA) is 161 Å². The fraction of sp³-hybridized carbons (Fsp3) is 0.380. The van der Waals surface area contributed by atoms with Gasteiger partial charge in [-0.15, -0.1) is 0 Å². The van der Waals surface area contributed by atoms with Gasteiger partial charge in [0.15, 0.2) is 0 Å². The van der Waals surface area contributed by atoms with Gasteiger partial charge in [0.05, 0.1) is 17.6 Å². The van der Waals surface area contributed by atoms with Crippen molar-refractivity contribution in [1.82, 2.24) is 9.80 Å². The van der Waals surface area contributed by atoms with Crippen LogP contribution in [0.5, 0.6) is 11.5 Å². The zero-order chi connectivity index (χ0) is 62.9. The third-order valence-electron chi connectivity index (χ3n) is 16.0. The van der Waals surface area contributed by atoms with Crippen LogP contribution >= 0.6 is 15.9 Å². The van der Waals surface area contributed by atoms with Crippen LogP contribution in [0.3, 0.4) is 0 Å². The molecule has 0 bridgehead atoms. The van der Waals surface area contributed by atoms with E-state index in [-0.39, 0.29) is 37.8 Å². The number of carbonyl (C=O) groups excluding carboxylic acids is 4. The van der Waals surface area contributed by atoms with Crippen LogP contribution in [0.25, 0.3) is 11.0 Å². The molecular formula is C71H81BBrN3O12. The van der Waals surface area contributed by atoms with E-state index in [1.54, 1.807) is 21.9 Å². The monoisotopic (exact) mass is 1260 g/mol. The first-order chi connectivity index (χ1) is 41.7. The van der Waals surface area contributed by atoms with Gasteiger partial charge in [0.25, 0.3) is 0 Å². The number of nitrogens with one attached hydrogen (secondary N) is 1. The van der Waals surface area contributed by atoms with E-state index in [9.17, 15) is 19.2 Å². The maximum absolute atomic E-state index is 12.7. The summed E-state index contributed by atoms with van der Waals surface area (Å²) in [6, 6.07) is 50.9.